The van der Waals surface area contributed by atoms with Crippen molar-refractivity contribution in [1.29, 1.82) is 0 Å². The average Bonchev–Trinajstić information content (AvgIpc) is 2.60. The molecule has 0 fully saturated rings. The van der Waals surface area contributed by atoms with Gasteiger partial charge in [-0.25, -0.2) is 4.98 Å². The molecule has 0 spiro atoms. The van der Waals surface area contributed by atoms with Crippen molar-refractivity contribution >= 4 is 34.2 Å². The second-order valence-corrected chi connectivity index (χ2v) is 6.80. The number of hydrogen-bond acceptors (Lipinski definition) is 3. The lowest BCUT2D eigenvalue weighted by Crippen LogP contribution is -2.30. The summed E-state index contributed by atoms with van der Waals surface area (Å²) in [6.45, 7) is 3.76. The Labute approximate surface area is 162 Å². The second kappa shape index (κ2) is 6.94. The SMILES string of the molecule is Cc1cc2nc(C(=O)Nc3ccc(Cl)c(C(F)(F)F)c3)c(=O)n(C)c2cc1C. The molecule has 9 heteroatoms. The fraction of sp³-hybridized carbons (Fsp3) is 0.211. The van der Waals surface area contributed by atoms with E-state index in [9.17, 15) is 22.8 Å². The lowest BCUT2D eigenvalue weighted by Gasteiger charge is -2.13. The summed E-state index contributed by atoms with van der Waals surface area (Å²) >= 11 is 5.57. The summed E-state index contributed by atoms with van der Waals surface area (Å²) in [7, 11) is 1.50. The molecule has 0 aliphatic carbocycles. The number of hydrogen-bond donors (Lipinski definition) is 1. The Hall–Kier alpha value is -2.87. The van der Waals surface area contributed by atoms with Crippen LogP contribution in [0.25, 0.3) is 11.0 Å². The molecule has 0 radical (unpaired) electrons. The molecule has 1 amide bonds. The molecule has 3 rings (SSSR count). The van der Waals surface area contributed by atoms with Crippen LogP contribution in [0.15, 0.2) is 35.1 Å². The first-order valence-corrected chi connectivity index (χ1v) is 8.53. The third-order valence-electron chi connectivity index (χ3n) is 4.44. The van der Waals surface area contributed by atoms with Crippen molar-refractivity contribution in [3.8, 4) is 0 Å². The minimum Gasteiger partial charge on any atom is -0.320 e. The van der Waals surface area contributed by atoms with Crippen LogP contribution in [0.4, 0.5) is 18.9 Å². The molecule has 3 aromatic rings. The highest BCUT2D eigenvalue weighted by Gasteiger charge is 2.33. The van der Waals surface area contributed by atoms with Gasteiger partial charge in [0.25, 0.3) is 11.5 Å². The summed E-state index contributed by atoms with van der Waals surface area (Å²) < 4.78 is 40.2. The number of carbonyl (C=O) groups is 1. The van der Waals surface area contributed by atoms with Gasteiger partial charge in [-0.2, -0.15) is 13.2 Å². The third kappa shape index (κ3) is 3.60. The van der Waals surface area contributed by atoms with Gasteiger partial charge in [0.05, 0.1) is 21.6 Å². The molecule has 0 saturated heterocycles. The minimum atomic E-state index is -4.68. The van der Waals surface area contributed by atoms with Crippen LogP contribution in [0.1, 0.15) is 27.2 Å². The third-order valence-corrected chi connectivity index (χ3v) is 4.77. The number of rotatable bonds is 2. The van der Waals surface area contributed by atoms with Gasteiger partial charge in [0.2, 0.25) is 0 Å². The van der Waals surface area contributed by atoms with Crippen LogP contribution in [0.2, 0.25) is 5.02 Å². The zero-order chi connectivity index (χ0) is 20.8. The Kier molecular flexibility index (Phi) is 4.93. The van der Waals surface area contributed by atoms with Gasteiger partial charge in [-0.15, -0.1) is 0 Å². The number of anilines is 1. The van der Waals surface area contributed by atoms with Crippen molar-refractivity contribution < 1.29 is 18.0 Å². The zero-order valence-corrected chi connectivity index (χ0v) is 15.9. The number of alkyl halides is 3. The summed E-state index contributed by atoms with van der Waals surface area (Å²) in [5, 5.41) is 1.79. The molecule has 1 aromatic heterocycles. The summed E-state index contributed by atoms with van der Waals surface area (Å²) in [4.78, 5) is 29.2. The van der Waals surface area contributed by atoms with E-state index in [1.54, 1.807) is 12.1 Å². The largest absolute Gasteiger partial charge is 0.417 e. The van der Waals surface area contributed by atoms with E-state index in [4.69, 9.17) is 11.6 Å². The first-order valence-electron chi connectivity index (χ1n) is 8.15. The molecule has 0 bridgehead atoms. The van der Waals surface area contributed by atoms with Gasteiger partial charge in [0, 0.05) is 12.7 Å². The lowest BCUT2D eigenvalue weighted by atomic mass is 10.1. The molecule has 1 N–H and O–H groups in total. The Morgan fingerprint density at radius 2 is 1.79 bits per heavy atom. The van der Waals surface area contributed by atoms with Crippen molar-refractivity contribution in [3.63, 3.8) is 0 Å². The number of halogens is 4. The fourth-order valence-corrected chi connectivity index (χ4v) is 2.96. The maximum Gasteiger partial charge on any atom is 0.417 e. The van der Waals surface area contributed by atoms with Crippen LogP contribution < -0.4 is 10.9 Å². The fourth-order valence-electron chi connectivity index (χ4n) is 2.74. The number of aromatic nitrogens is 2. The quantitative estimate of drug-likeness (QED) is 0.679. The molecular formula is C19H15ClF3N3O2. The van der Waals surface area contributed by atoms with Crippen LogP contribution in [0.3, 0.4) is 0 Å². The second-order valence-electron chi connectivity index (χ2n) is 6.40. The van der Waals surface area contributed by atoms with E-state index in [-0.39, 0.29) is 5.69 Å². The first kappa shape index (κ1) is 19.9. The van der Waals surface area contributed by atoms with Crippen molar-refractivity contribution in [1.82, 2.24) is 9.55 Å². The number of nitrogens with one attached hydrogen (secondary N) is 1. The number of aryl methyl sites for hydroxylation is 3. The maximum atomic E-state index is 13.0. The van der Waals surface area contributed by atoms with Gasteiger partial charge in [-0.3, -0.25) is 9.59 Å². The van der Waals surface area contributed by atoms with Crippen LogP contribution in [0.5, 0.6) is 0 Å². The van der Waals surface area contributed by atoms with E-state index in [2.05, 4.69) is 10.3 Å². The standard InChI is InChI=1S/C19H15ClF3N3O2/c1-9-6-14-15(7-10(9)2)26(3)18(28)16(25-14)17(27)24-11-4-5-13(20)12(8-11)19(21,22)23/h4-8H,1-3H3,(H,24,27). The predicted octanol–water partition coefficient (Wildman–Crippen LogP) is 4.47. The summed E-state index contributed by atoms with van der Waals surface area (Å²) in [6.07, 6.45) is -4.68. The van der Waals surface area contributed by atoms with Gasteiger partial charge in [-0.05, 0) is 55.3 Å². The van der Waals surface area contributed by atoms with E-state index < -0.39 is 33.9 Å². The van der Waals surface area contributed by atoms with E-state index >= 15 is 0 Å². The predicted molar refractivity (Wildman–Crippen MR) is 101 cm³/mol. The van der Waals surface area contributed by atoms with Gasteiger partial charge in [0.15, 0.2) is 5.69 Å². The highest BCUT2D eigenvalue weighted by molar-refractivity contribution is 6.31. The van der Waals surface area contributed by atoms with Crippen molar-refractivity contribution in [2.24, 2.45) is 7.05 Å². The van der Waals surface area contributed by atoms with Crippen LogP contribution >= 0.6 is 11.6 Å². The van der Waals surface area contributed by atoms with Gasteiger partial charge >= 0.3 is 6.18 Å². The Morgan fingerprint density at radius 1 is 1.14 bits per heavy atom. The molecule has 0 atom stereocenters. The molecule has 0 aliphatic rings. The summed E-state index contributed by atoms with van der Waals surface area (Å²) in [5.74, 6) is -0.906. The van der Waals surface area contributed by atoms with E-state index in [1.165, 1.54) is 17.7 Å². The maximum absolute atomic E-state index is 13.0. The lowest BCUT2D eigenvalue weighted by molar-refractivity contribution is -0.137. The number of amides is 1. The number of nitrogens with zero attached hydrogens (tertiary/aromatic N) is 2. The normalized spacial score (nSPS) is 11.7. The number of benzene rings is 2. The molecule has 0 aliphatic heterocycles. The molecule has 28 heavy (non-hydrogen) atoms. The Bertz CT molecular complexity index is 1170. The molecule has 0 unspecified atom stereocenters. The Morgan fingerprint density at radius 3 is 2.43 bits per heavy atom. The van der Waals surface area contributed by atoms with Gasteiger partial charge in [0.1, 0.15) is 0 Å². The summed E-state index contributed by atoms with van der Waals surface area (Å²) in [5.41, 5.74) is 0.570. The van der Waals surface area contributed by atoms with Crippen LogP contribution in [0, 0.1) is 13.8 Å². The number of carbonyl (C=O) groups excluding carboxylic acids is 1. The number of fused-ring (bicyclic) bond motifs is 1. The molecule has 5 nitrogen and oxygen atoms in total. The molecule has 0 saturated carbocycles. The molecule has 2 aromatic carbocycles. The van der Waals surface area contributed by atoms with E-state index in [0.29, 0.717) is 17.1 Å². The van der Waals surface area contributed by atoms with Gasteiger partial charge in [-0.1, -0.05) is 11.6 Å². The average molecular weight is 410 g/mol. The van der Waals surface area contributed by atoms with Crippen molar-refractivity contribution in [2.75, 3.05) is 5.32 Å². The molecule has 1 heterocycles. The highest BCUT2D eigenvalue weighted by Crippen LogP contribution is 2.36. The smallest absolute Gasteiger partial charge is 0.320 e. The van der Waals surface area contributed by atoms with Crippen LogP contribution in [-0.2, 0) is 13.2 Å². The Balaban J connectivity index is 2.04. The zero-order valence-electron chi connectivity index (χ0n) is 15.1. The van der Waals surface area contributed by atoms with Crippen LogP contribution in [-0.4, -0.2) is 15.5 Å². The monoisotopic (exact) mass is 409 g/mol. The summed E-state index contributed by atoms with van der Waals surface area (Å²) in [6, 6.07) is 6.48. The van der Waals surface area contributed by atoms with Gasteiger partial charge < -0.3 is 9.88 Å². The van der Waals surface area contributed by atoms with Crippen molar-refractivity contribution in [3.05, 3.63) is 68.1 Å². The van der Waals surface area contributed by atoms with E-state index in [0.717, 1.165) is 17.2 Å². The van der Waals surface area contributed by atoms with Crippen molar-refractivity contribution in [2.45, 2.75) is 20.0 Å². The minimum absolute atomic E-state index is 0.147. The van der Waals surface area contributed by atoms with E-state index in [1.807, 2.05) is 13.8 Å². The highest BCUT2D eigenvalue weighted by atomic mass is 35.5. The first-order chi connectivity index (χ1) is 13.0. The molecular weight excluding hydrogens is 395 g/mol. The topological polar surface area (TPSA) is 64.0 Å². The molecule has 146 valence electrons.